The van der Waals surface area contributed by atoms with Crippen LogP contribution >= 0.6 is 0 Å². The first kappa shape index (κ1) is 15.6. The van der Waals surface area contributed by atoms with Crippen LogP contribution in [0.4, 0.5) is 0 Å². The number of likely N-dealkylation sites (N-methyl/N-ethyl adjacent to an activating group) is 1. The molecule has 2 atom stereocenters. The van der Waals surface area contributed by atoms with Gasteiger partial charge in [0.1, 0.15) is 12.1 Å². The van der Waals surface area contributed by atoms with Crippen LogP contribution in [-0.2, 0) is 4.79 Å². The number of nitrogens with one attached hydrogen (secondary N) is 1. The van der Waals surface area contributed by atoms with Crippen molar-refractivity contribution in [3.8, 4) is 0 Å². The predicted octanol–water partition coefficient (Wildman–Crippen LogP) is 0.961. The van der Waals surface area contributed by atoms with Crippen LogP contribution in [0, 0.1) is 0 Å². The number of rotatable bonds is 4. The molecule has 1 aliphatic rings. The van der Waals surface area contributed by atoms with Gasteiger partial charge in [0.25, 0.3) is 0 Å². The number of aliphatic hydroxyl groups excluding tert-OH is 1. The van der Waals surface area contributed by atoms with Crippen molar-refractivity contribution in [3.63, 3.8) is 0 Å². The van der Waals surface area contributed by atoms with Crippen molar-refractivity contribution >= 4 is 5.91 Å². The van der Waals surface area contributed by atoms with E-state index in [0.717, 1.165) is 25.9 Å². The van der Waals surface area contributed by atoms with Crippen molar-refractivity contribution in [1.29, 1.82) is 0 Å². The number of aliphatic hydroxyl groups is 1. The van der Waals surface area contributed by atoms with Crippen molar-refractivity contribution < 1.29 is 9.90 Å². The van der Waals surface area contributed by atoms with Gasteiger partial charge in [0.15, 0.2) is 0 Å². The first-order chi connectivity index (χ1) is 8.74. The molecule has 0 saturated carbocycles. The minimum Gasteiger partial charge on any atom is -0.386 e. The number of carbonyl (C=O) groups excluding carboxylic acids is 1. The molecule has 1 aliphatic heterocycles. The van der Waals surface area contributed by atoms with Gasteiger partial charge in [-0.05, 0) is 37.6 Å². The lowest BCUT2D eigenvalue weighted by molar-refractivity contribution is -0.135. The standard InChI is InChI=1S/C13H19N3O2.CH4/c1-14-11(13(18)16-8-2-3-9-16)12(17)10-4-6-15-7-5-10;/h4-7,11-12,14,17H,2-3,8-9H2,1H3;1H4/t11-,12+;/m1./s1. The fourth-order valence-corrected chi connectivity index (χ4v) is 2.30. The van der Waals surface area contributed by atoms with Gasteiger partial charge in [0, 0.05) is 25.5 Å². The third-order valence-electron chi connectivity index (χ3n) is 3.36. The summed E-state index contributed by atoms with van der Waals surface area (Å²) in [5.41, 5.74) is 0.705. The number of hydrogen-bond donors (Lipinski definition) is 2. The number of amides is 1. The summed E-state index contributed by atoms with van der Waals surface area (Å²) < 4.78 is 0. The first-order valence-electron chi connectivity index (χ1n) is 6.28. The summed E-state index contributed by atoms with van der Waals surface area (Å²) in [6.45, 7) is 1.58. The summed E-state index contributed by atoms with van der Waals surface area (Å²) in [5.74, 6) is -0.0284. The molecule has 19 heavy (non-hydrogen) atoms. The average molecular weight is 265 g/mol. The van der Waals surface area contributed by atoms with Gasteiger partial charge in [-0.15, -0.1) is 0 Å². The Morgan fingerprint density at radius 2 is 1.95 bits per heavy atom. The first-order valence-corrected chi connectivity index (χ1v) is 6.28. The van der Waals surface area contributed by atoms with Gasteiger partial charge >= 0.3 is 0 Å². The quantitative estimate of drug-likeness (QED) is 0.851. The molecule has 0 aliphatic carbocycles. The number of nitrogens with zero attached hydrogens (tertiary/aromatic N) is 2. The second kappa shape index (κ2) is 7.21. The SMILES string of the molecule is C.CN[C@@H](C(=O)N1CCCC1)[C@@H](O)c1ccncc1. The second-order valence-electron chi connectivity index (χ2n) is 4.52. The van der Waals surface area contributed by atoms with Gasteiger partial charge in [0.2, 0.25) is 5.91 Å². The molecule has 5 heteroatoms. The third kappa shape index (κ3) is 3.52. The Bertz CT molecular complexity index is 391. The van der Waals surface area contributed by atoms with E-state index in [-0.39, 0.29) is 13.3 Å². The van der Waals surface area contributed by atoms with Crippen LogP contribution in [0.2, 0.25) is 0 Å². The summed E-state index contributed by atoms with van der Waals surface area (Å²) in [4.78, 5) is 18.0. The zero-order valence-corrected chi connectivity index (χ0v) is 10.5. The molecule has 1 amide bonds. The Kier molecular flexibility index (Phi) is 5.92. The molecule has 2 rings (SSSR count). The van der Waals surface area contributed by atoms with Gasteiger partial charge in [0.05, 0.1) is 0 Å². The van der Waals surface area contributed by atoms with Crippen LogP contribution in [0.15, 0.2) is 24.5 Å². The van der Waals surface area contributed by atoms with E-state index in [0.29, 0.717) is 5.56 Å². The molecule has 1 saturated heterocycles. The number of carbonyl (C=O) groups is 1. The summed E-state index contributed by atoms with van der Waals surface area (Å²) in [5, 5.41) is 13.2. The van der Waals surface area contributed by atoms with Crippen molar-refractivity contribution in [1.82, 2.24) is 15.2 Å². The van der Waals surface area contributed by atoms with E-state index < -0.39 is 12.1 Å². The predicted molar refractivity (Wildman–Crippen MR) is 74.6 cm³/mol. The summed E-state index contributed by atoms with van der Waals surface area (Å²) in [6, 6.07) is 2.86. The number of aromatic nitrogens is 1. The highest BCUT2D eigenvalue weighted by molar-refractivity contribution is 5.83. The van der Waals surface area contributed by atoms with Crippen LogP contribution in [0.3, 0.4) is 0 Å². The lowest BCUT2D eigenvalue weighted by Crippen LogP contribution is -2.47. The molecule has 1 aromatic heterocycles. The van der Waals surface area contributed by atoms with Gasteiger partial charge < -0.3 is 15.3 Å². The molecule has 2 N–H and O–H groups in total. The van der Waals surface area contributed by atoms with Crippen molar-refractivity contribution in [2.24, 2.45) is 0 Å². The molecule has 1 fully saturated rings. The smallest absolute Gasteiger partial charge is 0.242 e. The molecule has 0 bridgehead atoms. The van der Waals surface area contributed by atoms with E-state index in [2.05, 4.69) is 10.3 Å². The minimum atomic E-state index is -0.842. The van der Waals surface area contributed by atoms with E-state index >= 15 is 0 Å². The van der Waals surface area contributed by atoms with Crippen molar-refractivity contribution in [2.75, 3.05) is 20.1 Å². The maximum atomic E-state index is 12.3. The maximum Gasteiger partial charge on any atom is 0.242 e. The molecule has 0 aromatic carbocycles. The van der Waals surface area contributed by atoms with Gasteiger partial charge in [-0.25, -0.2) is 0 Å². The highest BCUT2D eigenvalue weighted by Gasteiger charge is 2.31. The molecule has 0 radical (unpaired) electrons. The van der Waals surface area contributed by atoms with Crippen LogP contribution in [0.25, 0.3) is 0 Å². The highest BCUT2D eigenvalue weighted by atomic mass is 16.3. The third-order valence-corrected chi connectivity index (χ3v) is 3.36. The zero-order chi connectivity index (χ0) is 13.0. The van der Waals surface area contributed by atoms with Crippen LogP contribution < -0.4 is 5.32 Å². The van der Waals surface area contributed by atoms with E-state index in [1.807, 2.05) is 4.90 Å². The molecule has 5 nitrogen and oxygen atoms in total. The van der Waals surface area contributed by atoms with Crippen molar-refractivity contribution in [3.05, 3.63) is 30.1 Å². The molecule has 0 spiro atoms. The Hall–Kier alpha value is -1.46. The van der Waals surface area contributed by atoms with Gasteiger partial charge in [-0.3, -0.25) is 9.78 Å². The monoisotopic (exact) mass is 265 g/mol. The van der Waals surface area contributed by atoms with Crippen LogP contribution in [-0.4, -0.2) is 47.1 Å². The summed E-state index contributed by atoms with van der Waals surface area (Å²) >= 11 is 0. The van der Waals surface area contributed by atoms with Gasteiger partial charge in [-0.2, -0.15) is 0 Å². The Balaban J connectivity index is 0.00000180. The number of pyridine rings is 1. The zero-order valence-electron chi connectivity index (χ0n) is 10.5. The molecular weight excluding hydrogens is 242 g/mol. The number of hydrogen-bond acceptors (Lipinski definition) is 4. The van der Waals surface area contributed by atoms with E-state index in [4.69, 9.17) is 0 Å². The van der Waals surface area contributed by atoms with Crippen LogP contribution in [0.5, 0.6) is 0 Å². The molecular formula is C14H23N3O2. The molecule has 1 aromatic rings. The number of likely N-dealkylation sites (tertiary alicyclic amines) is 1. The summed E-state index contributed by atoms with van der Waals surface area (Å²) in [7, 11) is 1.70. The Morgan fingerprint density at radius 1 is 1.37 bits per heavy atom. The largest absolute Gasteiger partial charge is 0.386 e. The summed E-state index contributed by atoms with van der Waals surface area (Å²) in [6.07, 6.45) is 4.49. The molecule has 106 valence electrons. The van der Waals surface area contributed by atoms with E-state index in [9.17, 15) is 9.90 Å². The fourth-order valence-electron chi connectivity index (χ4n) is 2.30. The van der Waals surface area contributed by atoms with Gasteiger partial charge in [-0.1, -0.05) is 7.43 Å². The molecule has 2 heterocycles. The highest BCUT2D eigenvalue weighted by Crippen LogP contribution is 2.19. The van der Waals surface area contributed by atoms with E-state index in [1.165, 1.54) is 0 Å². The van der Waals surface area contributed by atoms with Crippen LogP contribution in [0.1, 0.15) is 31.9 Å². The molecule has 0 unspecified atom stereocenters. The topological polar surface area (TPSA) is 65.5 Å². The van der Waals surface area contributed by atoms with Crippen molar-refractivity contribution in [2.45, 2.75) is 32.4 Å². The second-order valence-corrected chi connectivity index (χ2v) is 4.52. The lowest BCUT2D eigenvalue weighted by Gasteiger charge is -2.26. The maximum absolute atomic E-state index is 12.3. The average Bonchev–Trinajstić information content (AvgIpc) is 2.94. The van der Waals surface area contributed by atoms with E-state index in [1.54, 1.807) is 31.6 Å². The Labute approximate surface area is 114 Å². The Morgan fingerprint density at radius 3 is 2.47 bits per heavy atom. The lowest BCUT2D eigenvalue weighted by atomic mass is 10.0. The normalized spacial score (nSPS) is 17.7. The minimum absolute atomic E-state index is 0. The fraction of sp³-hybridized carbons (Fsp3) is 0.571.